The number of amides is 2. The number of benzene rings is 1. The lowest BCUT2D eigenvalue weighted by molar-refractivity contribution is -0.175. The van der Waals surface area contributed by atoms with Gasteiger partial charge in [0, 0.05) is 36.8 Å². The molecule has 0 atom stereocenters. The molecule has 2 amide bonds. The van der Waals surface area contributed by atoms with E-state index >= 15 is 0 Å². The Kier molecular flexibility index (Phi) is 6.66. The molecule has 25 heavy (non-hydrogen) atoms. The molecular formula is C16H18ClF3N2O3. The molecule has 0 radical (unpaired) electrons. The predicted molar refractivity (Wildman–Crippen MR) is 85.4 cm³/mol. The molecule has 2 rings (SSSR count). The molecule has 1 heterocycles. The molecule has 0 spiro atoms. The highest BCUT2D eigenvalue weighted by atomic mass is 35.5. The smallest absolute Gasteiger partial charge is 0.372 e. The lowest BCUT2D eigenvalue weighted by Gasteiger charge is -2.35. The predicted octanol–water partition coefficient (Wildman–Crippen LogP) is 2.59. The molecule has 9 heteroatoms. The third kappa shape index (κ3) is 6.21. The Balaban J connectivity index is 1.75. The molecule has 1 aromatic carbocycles. The fourth-order valence-corrected chi connectivity index (χ4v) is 2.66. The largest absolute Gasteiger partial charge is 0.411 e. The van der Waals surface area contributed by atoms with Gasteiger partial charge in [-0.2, -0.15) is 13.2 Å². The summed E-state index contributed by atoms with van der Waals surface area (Å²) in [4.78, 5) is 27.5. The van der Waals surface area contributed by atoms with Crippen molar-refractivity contribution in [2.45, 2.75) is 12.6 Å². The van der Waals surface area contributed by atoms with Crippen molar-refractivity contribution in [2.24, 2.45) is 0 Å². The zero-order valence-electron chi connectivity index (χ0n) is 13.4. The summed E-state index contributed by atoms with van der Waals surface area (Å²) in [5.74, 6) is -0.444. The van der Waals surface area contributed by atoms with E-state index in [4.69, 9.17) is 11.6 Å². The van der Waals surface area contributed by atoms with Crippen LogP contribution in [0.25, 0.3) is 0 Å². The Morgan fingerprint density at radius 2 is 1.76 bits per heavy atom. The van der Waals surface area contributed by atoms with E-state index in [1.54, 1.807) is 29.2 Å². The second-order valence-electron chi connectivity index (χ2n) is 5.60. The molecule has 0 saturated carbocycles. The Morgan fingerprint density at radius 3 is 2.36 bits per heavy atom. The van der Waals surface area contributed by atoms with Gasteiger partial charge < -0.3 is 14.5 Å². The van der Waals surface area contributed by atoms with Crippen LogP contribution >= 0.6 is 11.6 Å². The van der Waals surface area contributed by atoms with Crippen LogP contribution in [0.2, 0.25) is 5.02 Å². The molecule has 1 saturated heterocycles. The van der Waals surface area contributed by atoms with Gasteiger partial charge in [0.1, 0.15) is 6.61 Å². The first-order valence-electron chi connectivity index (χ1n) is 7.73. The fraction of sp³-hybridized carbons (Fsp3) is 0.500. The van der Waals surface area contributed by atoms with E-state index in [1.165, 1.54) is 4.90 Å². The molecule has 1 aliphatic rings. The Labute approximate surface area is 148 Å². The topological polar surface area (TPSA) is 49.9 Å². The van der Waals surface area contributed by atoms with E-state index in [0.29, 0.717) is 36.8 Å². The van der Waals surface area contributed by atoms with Crippen molar-refractivity contribution >= 4 is 23.4 Å². The average molecular weight is 379 g/mol. The summed E-state index contributed by atoms with van der Waals surface area (Å²) in [6.07, 6.45) is -4.51. The number of carbonyl (C=O) groups is 2. The highest BCUT2D eigenvalue weighted by Crippen LogP contribution is 2.16. The van der Waals surface area contributed by atoms with Crippen LogP contribution in [0.5, 0.6) is 0 Å². The maximum atomic E-state index is 12.4. The van der Waals surface area contributed by atoms with E-state index in [0.717, 1.165) is 0 Å². The highest BCUT2D eigenvalue weighted by Gasteiger charge is 2.28. The van der Waals surface area contributed by atoms with Crippen molar-refractivity contribution in [3.05, 3.63) is 34.9 Å². The summed E-state index contributed by atoms with van der Waals surface area (Å²) in [7, 11) is 0. The number of halogens is 4. The zero-order valence-corrected chi connectivity index (χ0v) is 14.1. The SMILES string of the molecule is O=C(CCOCC(F)(F)F)N1CCN(C(=O)c2cccc(Cl)c2)CC1. The molecule has 1 fully saturated rings. The van der Waals surface area contributed by atoms with E-state index in [2.05, 4.69) is 4.74 Å². The van der Waals surface area contributed by atoms with Gasteiger partial charge in [-0.3, -0.25) is 9.59 Å². The number of ether oxygens (including phenoxy) is 1. The van der Waals surface area contributed by atoms with E-state index in [9.17, 15) is 22.8 Å². The van der Waals surface area contributed by atoms with E-state index < -0.39 is 12.8 Å². The van der Waals surface area contributed by atoms with Crippen molar-refractivity contribution in [3.63, 3.8) is 0 Å². The molecule has 0 unspecified atom stereocenters. The van der Waals surface area contributed by atoms with Gasteiger partial charge in [-0.1, -0.05) is 17.7 Å². The van der Waals surface area contributed by atoms with Crippen molar-refractivity contribution < 1.29 is 27.5 Å². The third-order valence-electron chi connectivity index (χ3n) is 3.72. The van der Waals surface area contributed by atoms with Crippen LogP contribution in [-0.4, -0.2) is 67.2 Å². The Morgan fingerprint density at radius 1 is 1.12 bits per heavy atom. The van der Waals surface area contributed by atoms with Crippen molar-refractivity contribution in [3.8, 4) is 0 Å². The van der Waals surface area contributed by atoms with Crippen molar-refractivity contribution in [2.75, 3.05) is 39.4 Å². The first-order chi connectivity index (χ1) is 11.8. The minimum atomic E-state index is -4.39. The fourth-order valence-electron chi connectivity index (χ4n) is 2.47. The van der Waals surface area contributed by atoms with Gasteiger partial charge in [-0.25, -0.2) is 0 Å². The molecular weight excluding hydrogens is 361 g/mol. The summed E-state index contributed by atoms with van der Waals surface area (Å²) in [6.45, 7) is -0.238. The number of nitrogens with zero attached hydrogens (tertiary/aromatic N) is 2. The number of piperazine rings is 1. The summed E-state index contributed by atoms with van der Waals surface area (Å²) >= 11 is 5.88. The van der Waals surface area contributed by atoms with Crippen LogP contribution in [0.3, 0.4) is 0 Å². The molecule has 1 aliphatic heterocycles. The van der Waals surface area contributed by atoms with Gasteiger partial charge in [0.15, 0.2) is 0 Å². The van der Waals surface area contributed by atoms with Gasteiger partial charge in [0.05, 0.1) is 13.0 Å². The first-order valence-corrected chi connectivity index (χ1v) is 8.11. The Hall–Kier alpha value is -1.80. The van der Waals surface area contributed by atoms with Gasteiger partial charge >= 0.3 is 6.18 Å². The Bertz CT molecular complexity index is 617. The minimum Gasteiger partial charge on any atom is -0.372 e. The lowest BCUT2D eigenvalue weighted by Crippen LogP contribution is -2.50. The highest BCUT2D eigenvalue weighted by molar-refractivity contribution is 6.30. The summed E-state index contributed by atoms with van der Waals surface area (Å²) < 4.78 is 40.3. The maximum Gasteiger partial charge on any atom is 0.411 e. The number of hydrogen-bond donors (Lipinski definition) is 0. The standard InChI is InChI=1S/C16H18ClF3N2O3/c17-13-3-1-2-12(10-13)15(24)22-7-5-21(6-8-22)14(23)4-9-25-11-16(18,19)20/h1-3,10H,4-9,11H2. The van der Waals surface area contributed by atoms with Gasteiger partial charge in [-0.05, 0) is 18.2 Å². The minimum absolute atomic E-state index is 0.113. The van der Waals surface area contributed by atoms with Crippen molar-refractivity contribution in [1.29, 1.82) is 0 Å². The molecule has 0 aliphatic carbocycles. The normalized spacial score (nSPS) is 15.4. The number of alkyl halides is 3. The van der Waals surface area contributed by atoms with Crippen LogP contribution in [0.15, 0.2) is 24.3 Å². The van der Waals surface area contributed by atoms with Crippen LogP contribution in [0.4, 0.5) is 13.2 Å². The van der Waals surface area contributed by atoms with Gasteiger partial charge in [-0.15, -0.1) is 0 Å². The lowest BCUT2D eigenvalue weighted by atomic mass is 10.2. The van der Waals surface area contributed by atoms with Crippen LogP contribution < -0.4 is 0 Å². The third-order valence-corrected chi connectivity index (χ3v) is 3.95. The second kappa shape index (κ2) is 8.53. The number of hydrogen-bond acceptors (Lipinski definition) is 3. The summed E-state index contributed by atoms with van der Waals surface area (Å²) in [5, 5.41) is 0.471. The number of rotatable bonds is 5. The maximum absolute atomic E-state index is 12.4. The summed E-state index contributed by atoms with van der Waals surface area (Å²) in [5.41, 5.74) is 0.479. The molecule has 138 valence electrons. The average Bonchev–Trinajstić information content (AvgIpc) is 2.57. The van der Waals surface area contributed by atoms with Gasteiger partial charge in [0.25, 0.3) is 5.91 Å². The number of carbonyl (C=O) groups excluding carboxylic acids is 2. The summed E-state index contributed by atoms with van der Waals surface area (Å²) in [6, 6.07) is 6.62. The van der Waals surface area contributed by atoms with Crippen LogP contribution in [-0.2, 0) is 9.53 Å². The monoisotopic (exact) mass is 378 g/mol. The van der Waals surface area contributed by atoms with Crippen LogP contribution in [0, 0.1) is 0 Å². The quantitative estimate of drug-likeness (QED) is 0.740. The van der Waals surface area contributed by atoms with E-state index in [1.807, 2.05) is 0 Å². The molecule has 1 aromatic rings. The first kappa shape index (κ1) is 19.5. The van der Waals surface area contributed by atoms with Crippen LogP contribution in [0.1, 0.15) is 16.8 Å². The molecule has 0 aromatic heterocycles. The van der Waals surface area contributed by atoms with Gasteiger partial charge in [0.2, 0.25) is 5.91 Å². The van der Waals surface area contributed by atoms with E-state index in [-0.39, 0.29) is 24.8 Å². The van der Waals surface area contributed by atoms with Crippen molar-refractivity contribution in [1.82, 2.24) is 9.80 Å². The second-order valence-corrected chi connectivity index (χ2v) is 6.04. The molecule has 0 N–H and O–H groups in total. The zero-order chi connectivity index (χ0) is 18.4. The molecule has 5 nitrogen and oxygen atoms in total. The molecule has 0 bridgehead atoms.